The van der Waals surface area contributed by atoms with E-state index in [0.717, 1.165) is 0 Å². The first-order valence-electron chi connectivity index (χ1n) is 6.11. The minimum atomic E-state index is -0.398. The van der Waals surface area contributed by atoms with Crippen LogP contribution in [0.25, 0.3) is 0 Å². The van der Waals surface area contributed by atoms with Gasteiger partial charge in [0.15, 0.2) is 6.29 Å². The van der Waals surface area contributed by atoms with Crippen molar-refractivity contribution in [2.75, 3.05) is 19.1 Å². The fourth-order valence-electron chi connectivity index (χ4n) is 1.82. The number of halogens is 1. The Morgan fingerprint density at radius 2 is 2.00 bits per heavy atom. The van der Waals surface area contributed by atoms with E-state index in [4.69, 9.17) is 25.8 Å². The average molecular weight is 271 g/mol. The predicted octanol–water partition coefficient (Wildman–Crippen LogP) is 2.88. The molecular formula is C14H19ClO3. The molecule has 0 aliphatic carbocycles. The van der Waals surface area contributed by atoms with E-state index < -0.39 is 5.60 Å². The summed E-state index contributed by atoms with van der Waals surface area (Å²) in [6.07, 6.45) is -0.304. The highest BCUT2D eigenvalue weighted by molar-refractivity contribution is 6.18. The summed E-state index contributed by atoms with van der Waals surface area (Å²) >= 11 is 5.68. The van der Waals surface area contributed by atoms with Crippen LogP contribution in [0.15, 0.2) is 24.3 Å². The lowest BCUT2D eigenvalue weighted by Gasteiger charge is -2.36. The van der Waals surface area contributed by atoms with Crippen LogP contribution in [-0.2, 0) is 20.8 Å². The molecule has 1 aliphatic rings. The summed E-state index contributed by atoms with van der Waals surface area (Å²) in [6.45, 7) is 5.67. The Morgan fingerprint density at radius 1 is 1.33 bits per heavy atom. The van der Waals surface area contributed by atoms with Crippen LogP contribution in [0.2, 0.25) is 0 Å². The van der Waals surface area contributed by atoms with E-state index in [9.17, 15) is 0 Å². The maximum atomic E-state index is 5.94. The zero-order chi connectivity index (χ0) is 13.0. The summed E-state index contributed by atoms with van der Waals surface area (Å²) in [7, 11) is 0. The fraction of sp³-hybridized carbons (Fsp3) is 0.571. The molecule has 0 bridgehead atoms. The summed E-state index contributed by atoms with van der Waals surface area (Å²) in [4.78, 5) is 0. The van der Waals surface area contributed by atoms with Gasteiger partial charge in [0.05, 0.1) is 25.7 Å². The number of ether oxygens (including phenoxy) is 3. The van der Waals surface area contributed by atoms with E-state index >= 15 is 0 Å². The number of benzene rings is 1. The van der Waals surface area contributed by atoms with Gasteiger partial charge < -0.3 is 14.2 Å². The van der Waals surface area contributed by atoms with E-state index in [1.165, 1.54) is 11.1 Å². The smallest absolute Gasteiger partial charge is 0.171 e. The molecular weight excluding hydrogens is 252 g/mol. The maximum absolute atomic E-state index is 5.94. The highest BCUT2D eigenvalue weighted by Crippen LogP contribution is 2.22. The molecule has 1 aliphatic heterocycles. The van der Waals surface area contributed by atoms with Crippen molar-refractivity contribution >= 4 is 11.6 Å². The van der Waals surface area contributed by atoms with E-state index in [1.54, 1.807) is 0 Å². The van der Waals surface area contributed by atoms with E-state index in [-0.39, 0.29) is 6.29 Å². The van der Waals surface area contributed by atoms with Crippen LogP contribution in [0.5, 0.6) is 0 Å². The molecule has 0 radical (unpaired) electrons. The highest BCUT2D eigenvalue weighted by atomic mass is 35.5. The van der Waals surface area contributed by atoms with Crippen molar-refractivity contribution in [3.63, 3.8) is 0 Å². The topological polar surface area (TPSA) is 27.7 Å². The van der Waals surface area contributed by atoms with Gasteiger partial charge in [0, 0.05) is 0 Å². The molecule has 0 N–H and O–H groups in total. The fourth-order valence-corrected chi connectivity index (χ4v) is 2.00. The average Bonchev–Trinajstić information content (AvgIpc) is 2.39. The molecule has 18 heavy (non-hydrogen) atoms. The van der Waals surface area contributed by atoms with Gasteiger partial charge in [-0.05, 0) is 25.0 Å². The molecule has 1 heterocycles. The molecule has 1 aromatic rings. The summed E-state index contributed by atoms with van der Waals surface area (Å²) in [6, 6.07) is 8.20. The molecule has 1 fully saturated rings. The van der Waals surface area contributed by atoms with Crippen molar-refractivity contribution < 1.29 is 14.2 Å². The van der Waals surface area contributed by atoms with Crippen LogP contribution in [0, 0.1) is 6.92 Å². The van der Waals surface area contributed by atoms with E-state index in [0.29, 0.717) is 25.7 Å². The lowest BCUT2D eigenvalue weighted by atomic mass is 10.1. The van der Waals surface area contributed by atoms with Crippen molar-refractivity contribution in [2.24, 2.45) is 0 Å². The number of alkyl halides is 1. The molecule has 2 rings (SSSR count). The molecule has 0 spiro atoms. The molecule has 100 valence electrons. The van der Waals surface area contributed by atoms with Crippen LogP contribution in [0.3, 0.4) is 0 Å². The minimum Gasteiger partial charge on any atom is -0.366 e. The second kappa shape index (κ2) is 6.02. The normalized spacial score (nSPS) is 28.3. The van der Waals surface area contributed by atoms with Gasteiger partial charge in [0.25, 0.3) is 0 Å². The van der Waals surface area contributed by atoms with Crippen molar-refractivity contribution in [3.05, 3.63) is 35.4 Å². The zero-order valence-corrected chi connectivity index (χ0v) is 11.6. The second-order valence-corrected chi connectivity index (χ2v) is 5.18. The molecule has 0 amide bonds. The minimum absolute atomic E-state index is 0.304. The summed E-state index contributed by atoms with van der Waals surface area (Å²) in [5.41, 5.74) is 2.03. The Bertz CT molecular complexity index is 386. The number of hydrogen-bond acceptors (Lipinski definition) is 3. The Hall–Kier alpha value is -0.610. The number of aryl methyl sites for hydroxylation is 1. The third-order valence-corrected chi connectivity index (χ3v) is 3.36. The lowest BCUT2D eigenvalue weighted by Crippen LogP contribution is -2.47. The van der Waals surface area contributed by atoms with Crippen LogP contribution < -0.4 is 0 Å². The van der Waals surface area contributed by atoms with Gasteiger partial charge in [-0.3, -0.25) is 0 Å². The van der Waals surface area contributed by atoms with Gasteiger partial charge in [-0.2, -0.15) is 0 Å². The van der Waals surface area contributed by atoms with Crippen LogP contribution in [0.4, 0.5) is 0 Å². The third kappa shape index (κ3) is 3.45. The van der Waals surface area contributed by atoms with Crippen LogP contribution in [-0.4, -0.2) is 31.0 Å². The first-order valence-corrected chi connectivity index (χ1v) is 6.64. The molecule has 4 heteroatoms. The highest BCUT2D eigenvalue weighted by Gasteiger charge is 2.33. The number of rotatable bonds is 4. The Balaban J connectivity index is 1.88. The largest absolute Gasteiger partial charge is 0.366 e. The molecule has 1 saturated heterocycles. The van der Waals surface area contributed by atoms with Crippen molar-refractivity contribution in [1.82, 2.24) is 0 Å². The Kier molecular flexibility index (Phi) is 4.62. The van der Waals surface area contributed by atoms with Crippen molar-refractivity contribution in [2.45, 2.75) is 32.3 Å². The van der Waals surface area contributed by atoms with Crippen molar-refractivity contribution in [1.29, 1.82) is 0 Å². The lowest BCUT2D eigenvalue weighted by molar-refractivity contribution is -0.255. The van der Waals surface area contributed by atoms with Gasteiger partial charge in [0.1, 0.15) is 5.60 Å². The Morgan fingerprint density at radius 3 is 2.61 bits per heavy atom. The zero-order valence-electron chi connectivity index (χ0n) is 10.8. The van der Waals surface area contributed by atoms with E-state index in [1.807, 2.05) is 19.1 Å². The molecule has 0 saturated carbocycles. The maximum Gasteiger partial charge on any atom is 0.171 e. The SMILES string of the molecule is Cc1ccccc1COC1(C)COC(CCl)OC1. The predicted molar refractivity (Wildman–Crippen MR) is 70.8 cm³/mol. The molecule has 3 nitrogen and oxygen atoms in total. The van der Waals surface area contributed by atoms with Crippen molar-refractivity contribution in [3.8, 4) is 0 Å². The number of hydrogen-bond donors (Lipinski definition) is 0. The summed E-state index contributed by atoms with van der Waals surface area (Å²) in [5.74, 6) is 0.355. The summed E-state index contributed by atoms with van der Waals surface area (Å²) < 4.78 is 16.9. The first-order chi connectivity index (χ1) is 8.63. The van der Waals surface area contributed by atoms with Gasteiger partial charge >= 0.3 is 0 Å². The standard InChI is InChI=1S/C14H19ClO3/c1-11-5-3-4-6-12(11)8-18-14(2)9-16-13(7-15)17-10-14/h3-6,13H,7-10H2,1-2H3. The third-order valence-electron chi connectivity index (χ3n) is 3.11. The van der Waals surface area contributed by atoms with Gasteiger partial charge in [-0.1, -0.05) is 24.3 Å². The second-order valence-electron chi connectivity index (χ2n) is 4.87. The van der Waals surface area contributed by atoms with Crippen LogP contribution in [0.1, 0.15) is 18.1 Å². The quantitative estimate of drug-likeness (QED) is 0.788. The molecule has 0 aromatic heterocycles. The molecule has 0 atom stereocenters. The van der Waals surface area contributed by atoms with Crippen LogP contribution >= 0.6 is 11.6 Å². The molecule has 0 unspecified atom stereocenters. The first kappa shape index (κ1) is 13.8. The van der Waals surface area contributed by atoms with Gasteiger partial charge in [0.2, 0.25) is 0 Å². The van der Waals surface area contributed by atoms with E-state index in [2.05, 4.69) is 19.1 Å². The Labute approximate surface area is 113 Å². The molecule has 1 aromatic carbocycles. The van der Waals surface area contributed by atoms with Gasteiger partial charge in [-0.25, -0.2) is 0 Å². The van der Waals surface area contributed by atoms with Gasteiger partial charge in [-0.15, -0.1) is 11.6 Å². The summed E-state index contributed by atoms with van der Waals surface area (Å²) in [5, 5.41) is 0. The monoisotopic (exact) mass is 270 g/mol.